The third kappa shape index (κ3) is 4.87. The first kappa shape index (κ1) is 18.0. The lowest BCUT2D eigenvalue weighted by Gasteiger charge is -2.25. The van der Waals surface area contributed by atoms with Crippen LogP contribution in [0.4, 0.5) is 5.13 Å². The Morgan fingerprint density at radius 2 is 2.12 bits per heavy atom. The second kappa shape index (κ2) is 8.08. The van der Waals surface area contributed by atoms with E-state index in [0.717, 1.165) is 31.7 Å². The molecular weight excluding hydrogens is 332 g/mol. The minimum atomic E-state index is -0.476. The van der Waals surface area contributed by atoms with Gasteiger partial charge < -0.3 is 11.1 Å². The van der Waals surface area contributed by atoms with Crippen molar-refractivity contribution in [3.63, 3.8) is 0 Å². The van der Waals surface area contributed by atoms with Crippen LogP contribution >= 0.6 is 11.3 Å². The van der Waals surface area contributed by atoms with E-state index < -0.39 is 6.04 Å². The van der Waals surface area contributed by atoms with Gasteiger partial charge in [-0.25, -0.2) is 4.98 Å². The highest BCUT2D eigenvalue weighted by atomic mass is 32.1. The Hall–Kier alpha value is -1.76. The summed E-state index contributed by atoms with van der Waals surface area (Å²) in [7, 11) is 0. The van der Waals surface area contributed by atoms with E-state index in [9.17, 15) is 4.79 Å². The summed E-state index contributed by atoms with van der Waals surface area (Å²) in [6, 6.07) is 10.0. The molecule has 1 aromatic heterocycles. The molecule has 1 aromatic carbocycles. The van der Waals surface area contributed by atoms with Crippen LogP contribution in [0.15, 0.2) is 30.3 Å². The van der Waals surface area contributed by atoms with Gasteiger partial charge >= 0.3 is 0 Å². The van der Waals surface area contributed by atoms with E-state index in [1.165, 1.54) is 10.4 Å². The fourth-order valence-electron chi connectivity index (χ4n) is 3.09. The molecule has 0 unspecified atom stereocenters. The number of benzene rings is 1. The Morgan fingerprint density at radius 3 is 2.84 bits per heavy atom. The van der Waals surface area contributed by atoms with Gasteiger partial charge in [0.25, 0.3) is 0 Å². The molecule has 0 radical (unpaired) electrons. The van der Waals surface area contributed by atoms with E-state index in [4.69, 9.17) is 5.73 Å². The van der Waals surface area contributed by atoms with Crippen LogP contribution in [0.25, 0.3) is 0 Å². The van der Waals surface area contributed by atoms with Crippen molar-refractivity contribution in [1.29, 1.82) is 0 Å². The number of amides is 1. The molecule has 5 nitrogen and oxygen atoms in total. The number of nitrogens with one attached hydrogen (secondary N) is 1. The molecular formula is C19H26N4OS. The summed E-state index contributed by atoms with van der Waals surface area (Å²) in [5.74, 6) is 0.262. The second-order valence-corrected chi connectivity index (χ2v) is 8.14. The molecule has 0 saturated heterocycles. The van der Waals surface area contributed by atoms with Crippen molar-refractivity contribution < 1.29 is 4.79 Å². The maximum absolute atomic E-state index is 12.2. The number of carbonyl (C=O) groups excluding carboxylic acids is 1. The van der Waals surface area contributed by atoms with Crippen LogP contribution in [0.1, 0.15) is 36.4 Å². The third-order valence-electron chi connectivity index (χ3n) is 4.35. The van der Waals surface area contributed by atoms with Crippen LogP contribution in [0.2, 0.25) is 0 Å². The normalized spacial score (nSPS) is 15.8. The highest BCUT2D eigenvalue weighted by molar-refractivity contribution is 7.15. The predicted molar refractivity (Wildman–Crippen MR) is 102 cm³/mol. The Morgan fingerprint density at radius 1 is 1.36 bits per heavy atom. The Bertz CT molecular complexity index is 713. The summed E-state index contributed by atoms with van der Waals surface area (Å²) in [6.07, 6.45) is 1.61. The van der Waals surface area contributed by atoms with Gasteiger partial charge in [-0.3, -0.25) is 9.69 Å². The monoisotopic (exact) mass is 358 g/mol. The van der Waals surface area contributed by atoms with Gasteiger partial charge in [0.15, 0.2) is 5.13 Å². The maximum Gasteiger partial charge on any atom is 0.243 e. The van der Waals surface area contributed by atoms with E-state index in [2.05, 4.69) is 53.3 Å². The number of carbonyl (C=O) groups is 1. The number of anilines is 1. The SMILES string of the molecule is CC(C)C[C@H](N)C(=O)Nc1nc2c(s1)CN(Cc1ccccc1)CC2. The smallest absolute Gasteiger partial charge is 0.243 e. The van der Waals surface area contributed by atoms with Crippen LogP contribution in [0, 0.1) is 5.92 Å². The van der Waals surface area contributed by atoms with Gasteiger partial charge in [0.05, 0.1) is 11.7 Å². The van der Waals surface area contributed by atoms with Gasteiger partial charge in [0.1, 0.15) is 0 Å². The van der Waals surface area contributed by atoms with E-state index in [1.807, 2.05) is 6.07 Å². The summed E-state index contributed by atoms with van der Waals surface area (Å²) in [4.78, 5) is 20.5. The third-order valence-corrected chi connectivity index (χ3v) is 5.35. The maximum atomic E-state index is 12.2. The van der Waals surface area contributed by atoms with Crippen molar-refractivity contribution >= 4 is 22.4 Å². The minimum absolute atomic E-state index is 0.138. The number of hydrogen-bond donors (Lipinski definition) is 2. The van der Waals surface area contributed by atoms with Crippen LogP contribution in [-0.4, -0.2) is 28.4 Å². The van der Waals surface area contributed by atoms with E-state index in [0.29, 0.717) is 17.5 Å². The number of nitrogens with two attached hydrogens (primary N) is 1. The summed E-state index contributed by atoms with van der Waals surface area (Å²) in [5, 5.41) is 3.57. The first-order chi connectivity index (χ1) is 12.0. The van der Waals surface area contributed by atoms with Crippen molar-refractivity contribution in [2.45, 2.75) is 45.8 Å². The summed E-state index contributed by atoms with van der Waals surface area (Å²) >= 11 is 1.57. The molecule has 25 heavy (non-hydrogen) atoms. The zero-order valence-corrected chi connectivity index (χ0v) is 15.7. The molecule has 0 saturated carbocycles. The average Bonchev–Trinajstić information content (AvgIpc) is 2.96. The second-order valence-electron chi connectivity index (χ2n) is 7.06. The molecule has 1 amide bonds. The van der Waals surface area contributed by atoms with Crippen molar-refractivity contribution in [3.05, 3.63) is 46.5 Å². The number of fused-ring (bicyclic) bond motifs is 1. The molecule has 2 heterocycles. The molecule has 0 spiro atoms. The highest BCUT2D eigenvalue weighted by Gasteiger charge is 2.22. The van der Waals surface area contributed by atoms with Crippen molar-refractivity contribution in [2.75, 3.05) is 11.9 Å². The molecule has 1 aliphatic rings. The molecule has 6 heteroatoms. The number of hydrogen-bond acceptors (Lipinski definition) is 5. The standard InChI is InChI=1S/C19H26N4OS/c1-13(2)10-15(20)18(24)22-19-21-16-8-9-23(12-17(16)25-19)11-14-6-4-3-5-7-14/h3-7,13,15H,8-12,20H2,1-2H3,(H,21,22,24)/t15-/m0/s1. The lowest BCUT2D eigenvalue weighted by molar-refractivity contribution is -0.117. The Labute approximate surface area is 153 Å². The van der Waals surface area contributed by atoms with Crippen LogP contribution in [0.3, 0.4) is 0 Å². The van der Waals surface area contributed by atoms with E-state index >= 15 is 0 Å². The molecule has 1 atom stereocenters. The summed E-state index contributed by atoms with van der Waals surface area (Å²) in [5.41, 5.74) is 8.39. The first-order valence-electron chi connectivity index (χ1n) is 8.82. The lowest BCUT2D eigenvalue weighted by atomic mass is 10.0. The number of nitrogens with zero attached hydrogens (tertiary/aromatic N) is 2. The number of thiazole rings is 1. The molecule has 0 aliphatic carbocycles. The lowest BCUT2D eigenvalue weighted by Crippen LogP contribution is -2.36. The summed E-state index contributed by atoms with van der Waals surface area (Å²) < 4.78 is 0. The number of aromatic nitrogens is 1. The first-order valence-corrected chi connectivity index (χ1v) is 9.64. The van der Waals surface area contributed by atoms with Crippen LogP contribution < -0.4 is 11.1 Å². The molecule has 1 aliphatic heterocycles. The van der Waals surface area contributed by atoms with Gasteiger partial charge in [-0.2, -0.15) is 0 Å². The average molecular weight is 359 g/mol. The zero-order chi connectivity index (χ0) is 17.8. The Balaban J connectivity index is 1.60. The van der Waals surface area contributed by atoms with Gasteiger partial charge in [-0.1, -0.05) is 44.2 Å². The van der Waals surface area contributed by atoms with Gasteiger partial charge in [-0.05, 0) is 17.9 Å². The molecule has 0 bridgehead atoms. The molecule has 3 N–H and O–H groups in total. The fraction of sp³-hybridized carbons (Fsp3) is 0.474. The molecule has 134 valence electrons. The predicted octanol–water partition coefficient (Wildman–Crippen LogP) is 3.01. The number of rotatable bonds is 6. The molecule has 3 rings (SSSR count). The van der Waals surface area contributed by atoms with Crippen LogP contribution in [-0.2, 0) is 24.3 Å². The van der Waals surface area contributed by atoms with Crippen molar-refractivity contribution in [3.8, 4) is 0 Å². The molecule has 0 fully saturated rings. The van der Waals surface area contributed by atoms with Gasteiger partial charge in [0, 0.05) is 30.9 Å². The van der Waals surface area contributed by atoms with Crippen LogP contribution in [0.5, 0.6) is 0 Å². The highest BCUT2D eigenvalue weighted by Crippen LogP contribution is 2.29. The zero-order valence-electron chi connectivity index (χ0n) is 14.9. The minimum Gasteiger partial charge on any atom is -0.320 e. The van der Waals surface area contributed by atoms with Crippen molar-refractivity contribution in [2.24, 2.45) is 11.7 Å². The van der Waals surface area contributed by atoms with E-state index in [-0.39, 0.29) is 5.91 Å². The van der Waals surface area contributed by atoms with Gasteiger partial charge in [-0.15, -0.1) is 11.3 Å². The fourth-order valence-corrected chi connectivity index (χ4v) is 4.14. The summed E-state index contributed by atoms with van der Waals surface area (Å²) in [6.45, 7) is 6.95. The van der Waals surface area contributed by atoms with Gasteiger partial charge in [0.2, 0.25) is 5.91 Å². The Kier molecular flexibility index (Phi) is 5.83. The topological polar surface area (TPSA) is 71.2 Å². The van der Waals surface area contributed by atoms with E-state index in [1.54, 1.807) is 11.3 Å². The molecule has 2 aromatic rings. The largest absolute Gasteiger partial charge is 0.320 e. The van der Waals surface area contributed by atoms with Crippen molar-refractivity contribution in [1.82, 2.24) is 9.88 Å². The quantitative estimate of drug-likeness (QED) is 0.833.